The van der Waals surface area contributed by atoms with Gasteiger partial charge >= 0.3 is 0 Å². The molecule has 0 fully saturated rings. The fourth-order valence-electron chi connectivity index (χ4n) is 1.55. The maximum Gasteiger partial charge on any atom is 0.0521 e. The first-order chi connectivity index (χ1) is 5.84. The number of allylic oxidation sites excluding steroid dienone is 2. The summed E-state index contributed by atoms with van der Waals surface area (Å²) < 4.78 is 0. The van der Waals surface area contributed by atoms with Gasteiger partial charge in [0.2, 0.25) is 0 Å². The summed E-state index contributed by atoms with van der Waals surface area (Å²) >= 11 is 7.74. The first-order valence-electron chi connectivity index (χ1n) is 4.19. The van der Waals surface area contributed by atoms with Gasteiger partial charge in [0.25, 0.3) is 0 Å². The third-order valence-electron chi connectivity index (χ3n) is 2.17. The Morgan fingerprint density at radius 1 is 1.58 bits per heavy atom. The lowest BCUT2D eigenvalue weighted by Crippen LogP contribution is -1.83. The van der Waals surface area contributed by atoms with E-state index < -0.39 is 0 Å². The smallest absolute Gasteiger partial charge is 0.0521 e. The Hall–Kier alpha value is -0.270. The zero-order valence-corrected chi connectivity index (χ0v) is 8.37. The highest BCUT2D eigenvalue weighted by Crippen LogP contribution is 2.25. The van der Waals surface area contributed by atoms with E-state index in [2.05, 4.69) is 22.9 Å². The lowest BCUT2D eigenvalue weighted by atomic mass is 10.1. The van der Waals surface area contributed by atoms with E-state index in [9.17, 15) is 0 Å². The Labute approximate surface area is 81.9 Å². The number of halogens is 1. The van der Waals surface area contributed by atoms with Gasteiger partial charge in [-0.05, 0) is 41.7 Å². The highest BCUT2D eigenvalue weighted by molar-refractivity contribution is 7.07. The summed E-state index contributed by atoms with van der Waals surface area (Å²) in [5.74, 6) is 0. The molecule has 0 nitrogen and oxygen atoms in total. The topological polar surface area (TPSA) is 0 Å². The Morgan fingerprint density at radius 2 is 2.50 bits per heavy atom. The Balaban J connectivity index is 2.00. The SMILES string of the molecule is ClC1C=C(Cc2ccsc2)CC1. The molecule has 1 aromatic heterocycles. The summed E-state index contributed by atoms with van der Waals surface area (Å²) in [7, 11) is 0. The number of hydrogen-bond acceptors (Lipinski definition) is 1. The third kappa shape index (κ3) is 1.90. The van der Waals surface area contributed by atoms with E-state index in [4.69, 9.17) is 11.6 Å². The molecule has 2 heteroatoms. The van der Waals surface area contributed by atoms with Crippen molar-refractivity contribution >= 4 is 22.9 Å². The molecule has 0 saturated carbocycles. The van der Waals surface area contributed by atoms with Crippen molar-refractivity contribution in [1.29, 1.82) is 0 Å². The molecule has 12 heavy (non-hydrogen) atoms. The molecule has 0 amide bonds. The molecule has 0 aliphatic heterocycles. The van der Waals surface area contributed by atoms with Crippen LogP contribution in [0.4, 0.5) is 0 Å². The maximum atomic E-state index is 5.97. The van der Waals surface area contributed by atoms with E-state index >= 15 is 0 Å². The van der Waals surface area contributed by atoms with Crippen molar-refractivity contribution in [2.45, 2.75) is 24.6 Å². The van der Waals surface area contributed by atoms with Crippen LogP contribution in [0.15, 0.2) is 28.5 Å². The molecule has 64 valence electrons. The molecule has 1 aliphatic rings. The van der Waals surface area contributed by atoms with Crippen molar-refractivity contribution in [3.63, 3.8) is 0 Å². The second kappa shape index (κ2) is 3.63. The molecule has 0 saturated heterocycles. The monoisotopic (exact) mass is 198 g/mol. The van der Waals surface area contributed by atoms with Crippen LogP contribution in [0.1, 0.15) is 18.4 Å². The largest absolute Gasteiger partial charge is 0.152 e. The Bertz CT molecular complexity index is 274. The molecule has 0 aromatic carbocycles. The molecule has 1 aromatic rings. The number of rotatable bonds is 2. The van der Waals surface area contributed by atoms with Gasteiger partial charge in [-0.25, -0.2) is 0 Å². The fourth-order valence-corrected chi connectivity index (χ4v) is 2.50. The lowest BCUT2D eigenvalue weighted by molar-refractivity contribution is 0.893. The van der Waals surface area contributed by atoms with Gasteiger partial charge < -0.3 is 0 Å². The van der Waals surface area contributed by atoms with Crippen molar-refractivity contribution in [1.82, 2.24) is 0 Å². The minimum absolute atomic E-state index is 0.290. The molecule has 0 bridgehead atoms. The van der Waals surface area contributed by atoms with Crippen LogP contribution in [-0.4, -0.2) is 5.38 Å². The predicted molar refractivity (Wildman–Crippen MR) is 55.0 cm³/mol. The van der Waals surface area contributed by atoms with E-state index in [1.807, 2.05) is 0 Å². The van der Waals surface area contributed by atoms with E-state index in [-0.39, 0.29) is 0 Å². The first kappa shape index (κ1) is 8.33. The highest BCUT2D eigenvalue weighted by Gasteiger charge is 2.12. The second-order valence-electron chi connectivity index (χ2n) is 3.19. The van der Waals surface area contributed by atoms with Gasteiger partial charge in [0.1, 0.15) is 0 Å². The van der Waals surface area contributed by atoms with E-state index in [1.165, 1.54) is 17.6 Å². The second-order valence-corrected chi connectivity index (χ2v) is 4.53. The zero-order valence-electron chi connectivity index (χ0n) is 6.79. The summed E-state index contributed by atoms with van der Waals surface area (Å²) in [5, 5.41) is 4.63. The van der Waals surface area contributed by atoms with Gasteiger partial charge in [-0.2, -0.15) is 11.3 Å². The Morgan fingerprint density at radius 3 is 3.08 bits per heavy atom. The number of alkyl halides is 1. The van der Waals surface area contributed by atoms with Crippen molar-refractivity contribution < 1.29 is 0 Å². The number of hydrogen-bond donors (Lipinski definition) is 0. The van der Waals surface area contributed by atoms with Crippen molar-refractivity contribution in [3.8, 4) is 0 Å². The molecular formula is C10H11ClS. The standard InChI is InChI=1S/C10H11ClS/c11-10-2-1-8(6-10)5-9-3-4-12-7-9/h3-4,6-7,10H,1-2,5H2. The molecular weight excluding hydrogens is 188 g/mol. The van der Waals surface area contributed by atoms with Crippen LogP contribution in [-0.2, 0) is 6.42 Å². The molecule has 2 rings (SSSR count). The third-order valence-corrected chi connectivity index (χ3v) is 3.25. The van der Waals surface area contributed by atoms with Crippen LogP contribution < -0.4 is 0 Å². The average Bonchev–Trinajstić information content (AvgIpc) is 2.63. The van der Waals surface area contributed by atoms with E-state index in [0.29, 0.717) is 5.38 Å². The van der Waals surface area contributed by atoms with Crippen LogP contribution in [0.25, 0.3) is 0 Å². The molecule has 1 atom stereocenters. The van der Waals surface area contributed by atoms with E-state index in [1.54, 1.807) is 11.3 Å². The van der Waals surface area contributed by atoms with Crippen LogP contribution in [0.2, 0.25) is 0 Å². The van der Waals surface area contributed by atoms with Gasteiger partial charge in [0.15, 0.2) is 0 Å². The summed E-state index contributed by atoms with van der Waals surface area (Å²) in [6.45, 7) is 0. The van der Waals surface area contributed by atoms with Gasteiger partial charge in [0, 0.05) is 0 Å². The average molecular weight is 199 g/mol. The zero-order chi connectivity index (χ0) is 8.39. The van der Waals surface area contributed by atoms with Gasteiger partial charge in [-0.3, -0.25) is 0 Å². The molecule has 1 heterocycles. The summed E-state index contributed by atoms with van der Waals surface area (Å²) in [5.41, 5.74) is 2.94. The van der Waals surface area contributed by atoms with Crippen molar-refractivity contribution in [2.24, 2.45) is 0 Å². The summed E-state index contributed by atoms with van der Waals surface area (Å²) in [6, 6.07) is 2.19. The van der Waals surface area contributed by atoms with Crippen molar-refractivity contribution in [3.05, 3.63) is 34.0 Å². The quantitative estimate of drug-likeness (QED) is 0.503. The minimum Gasteiger partial charge on any atom is -0.152 e. The van der Waals surface area contributed by atoms with Gasteiger partial charge in [-0.15, -0.1) is 11.6 Å². The number of thiophene rings is 1. The van der Waals surface area contributed by atoms with Crippen molar-refractivity contribution in [2.75, 3.05) is 0 Å². The Kier molecular flexibility index (Phi) is 2.52. The molecule has 1 unspecified atom stereocenters. The minimum atomic E-state index is 0.290. The fraction of sp³-hybridized carbons (Fsp3) is 0.400. The van der Waals surface area contributed by atoms with Crippen LogP contribution in [0.5, 0.6) is 0 Å². The highest BCUT2D eigenvalue weighted by atomic mass is 35.5. The first-order valence-corrected chi connectivity index (χ1v) is 5.57. The molecule has 0 spiro atoms. The summed E-state index contributed by atoms with van der Waals surface area (Å²) in [4.78, 5) is 0. The van der Waals surface area contributed by atoms with Gasteiger partial charge in [0.05, 0.1) is 5.38 Å². The van der Waals surface area contributed by atoms with Crippen LogP contribution in [0, 0.1) is 0 Å². The maximum absolute atomic E-state index is 5.97. The summed E-state index contributed by atoms with van der Waals surface area (Å²) in [6.07, 6.45) is 5.62. The normalized spacial score (nSPS) is 22.8. The molecule has 0 N–H and O–H groups in total. The molecule has 0 radical (unpaired) electrons. The molecule has 1 aliphatic carbocycles. The lowest BCUT2D eigenvalue weighted by Gasteiger charge is -1.96. The van der Waals surface area contributed by atoms with Gasteiger partial charge in [-0.1, -0.05) is 11.6 Å². The van der Waals surface area contributed by atoms with Crippen LogP contribution in [0.3, 0.4) is 0 Å². The van der Waals surface area contributed by atoms with Crippen LogP contribution >= 0.6 is 22.9 Å². The predicted octanol–water partition coefficient (Wildman–Crippen LogP) is 3.62. The van der Waals surface area contributed by atoms with E-state index in [0.717, 1.165) is 12.8 Å².